The fourth-order valence-electron chi connectivity index (χ4n) is 5.92. The first-order chi connectivity index (χ1) is 19.3. The molecule has 3 N–H and O–H groups in total. The fraction of sp³-hybridized carbons (Fsp3) is 0.452. The van der Waals surface area contributed by atoms with Gasteiger partial charge in [-0.1, -0.05) is 18.2 Å². The van der Waals surface area contributed by atoms with E-state index in [4.69, 9.17) is 14.2 Å². The number of benzene rings is 2. The van der Waals surface area contributed by atoms with E-state index >= 15 is 0 Å². The summed E-state index contributed by atoms with van der Waals surface area (Å²) in [6.45, 7) is 4.93. The summed E-state index contributed by atoms with van der Waals surface area (Å²) in [7, 11) is 1.60. The number of hydrogen-bond donors (Lipinski definition) is 3. The molecule has 40 heavy (non-hydrogen) atoms. The SMILES string of the molecule is COc1cc(CN(C[C@@H]2CC[C@H](C(=O)O)C2)[C@@H](C)c2ccc3c(c2)CCO3)ccc1OCCn1c(O)ccc1O. The highest BCUT2D eigenvalue weighted by atomic mass is 16.5. The van der Waals surface area contributed by atoms with Crippen LogP contribution < -0.4 is 14.2 Å². The van der Waals surface area contributed by atoms with Gasteiger partial charge in [0.05, 0.1) is 26.2 Å². The highest BCUT2D eigenvalue weighted by Crippen LogP contribution is 2.37. The summed E-state index contributed by atoms with van der Waals surface area (Å²) >= 11 is 0. The molecule has 3 aromatic rings. The van der Waals surface area contributed by atoms with Gasteiger partial charge >= 0.3 is 5.97 Å². The molecule has 0 spiro atoms. The van der Waals surface area contributed by atoms with E-state index in [1.54, 1.807) is 7.11 Å². The second kappa shape index (κ2) is 12.1. The third-order valence-electron chi connectivity index (χ3n) is 8.25. The maximum atomic E-state index is 11.6. The summed E-state index contributed by atoms with van der Waals surface area (Å²) in [5.41, 5.74) is 3.52. The van der Waals surface area contributed by atoms with Crippen molar-refractivity contribution in [2.24, 2.45) is 11.8 Å². The van der Waals surface area contributed by atoms with Crippen molar-refractivity contribution in [2.75, 3.05) is 26.9 Å². The molecule has 0 amide bonds. The molecule has 2 aliphatic rings. The largest absolute Gasteiger partial charge is 0.494 e. The minimum Gasteiger partial charge on any atom is -0.494 e. The van der Waals surface area contributed by atoms with Crippen molar-refractivity contribution in [3.05, 3.63) is 65.2 Å². The molecular weight excluding hydrogens is 512 g/mol. The molecule has 0 radical (unpaired) electrons. The van der Waals surface area contributed by atoms with Gasteiger partial charge in [-0.15, -0.1) is 0 Å². The third kappa shape index (κ3) is 6.14. The first kappa shape index (κ1) is 27.7. The Balaban J connectivity index is 1.31. The van der Waals surface area contributed by atoms with Gasteiger partial charge in [-0.05, 0) is 67.0 Å². The van der Waals surface area contributed by atoms with Gasteiger partial charge in [0.25, 0.3) is 0 Å². The van der Waals surface area contributed by atoms with Gasteiger partial charge in [0.2, 0.25) is 0 Å². The summed E-state index contributed by atoms with van der Waals surface area (Å²) < 4.78 is 18.6. The van der Waals surface area contributed by atoms with Crippen LogP contribution in [0, 0.1) is 11.8 Å². The standard InChI is InChI=1S/C31H38N2O7/c1-20(23-6-8-26-24(17-23)11-13-39-26)32(18-21-3-5-25(15-21)31(36)37)19-22-4-7-27(28(16-22)38-2)40-14-12-33-29(34)9-10-30(33)35/h4,6-10,16-17,20-21,25,34-35H,3,5,11-15,18-19H2,1-2H3,(H,36,37)/t20-,21+,25-/m0/s1. The number of ether oxygens (including phenoxy) is 3. The Morgan fingerprint density at radius 3 is 2.62 bits per heavy atom. The Hall–Kier alpha value is -3.85. The lowest BCUT2D eigenvalue weighted by Crippen LogP contribution is -2.31. The molecule has 9 heteroatoms. The minimum atomic E-state index is -0.691. The van der Waals surface area contributed by atoms with E-state index in [2.05, 4.69) is 30.0 Å². The number of aromatic hydroxyl groups is 2. The Bertz CT molecular complexity index is 1320. The second-order valence-electron chi connectivity index (χ2n) is 10.8. The summed E-state index contributed by atoms with van der Waals surface area (Å²) in [6, 6.07) is 15.3. The van der Waals surface area contributed by atoms with Crippen molar-refractivity contribution >= 4 is 5.97 Å². The van der Waals surface area contributed by atoms with Crippen LogP contribution in [0.1, 0.15) is 48.9 Å². The third-order valence-corrected chi connectivity index (χ3v) is 8.25. The molecule has 1 aliphatic heterocycles. The average Bonchev–Trinajstić information content (AvgIpc) is 3.69. The lowest BCUT2D eigenvalue weighted by molar-refractivity contribution is -0.141. The number of rotatable bonds is 12. The number of nitrogens with zero attached hydrogens (tertiary/aromatic N) is 2. The van der Waals surface area contributed by atoms with E-state index < -0.39 is 5.97 Å². The molecule has 1 aromatic heterocycles. The summed E-state index contributed by atoms with van der Waals surface area (Å²) in [4.78, 5) is 14.0. The Labute approximate surface area is 234 Å². The highest BCUT2D eigenvalue weighted by molar-refractivity contribution is 5.70. The second-order valence-corrected chi connectivity index (χ2v) is 10.8. The van der Waals surface area contributed by atoms with Crippen LogP contribution in [0.3, 0.4) is 0 Å². The summed E-state index contributed by atoms with van der Waals surface area (Å²) in [5, 5.41) is 29.2. The number of carboxylic acid groups (broad SMARTS) is 1. The van der Waals surface area contributed by atoms with Gasteiger partial charge in [-0.25, -0.2) is 0 Å². The smallest absolute Gasteiger partial charge is 0.306 e. The molecular formula is C31H38N2O7. The molecule has 3 atom stereocenters. The molecule has 0 unspecified atom stereocenters. The predicted molar refractivity (Wildman–Crippen MR) is 149 cm³/mol. The van der Waals surface area contributed by atoms with E-state index in [0.717, 1.165) is 43.7 Å². The quantitative estimate of drug-likeness (QED) is 0.289. The zero-order valence-electron chi connectivity index (χ0n) is 23.1. The van der Waals surface area contributed by atoms with E-state index in [1.807, 2.05) is 18.2 Å². The number of aromatic nitrogens is 1. The molecule has 2 heterocycles. The number of hydrogen-bond acceptors (Lipinski definition) is 7. The monoisotopic (exact) mass is 550 g/mol. The number of fused-ring (bicyclic) bond motifs is 1. The van der Waals surface area contributed by atoms with Gasteiger partial charge in [0, 0.05) is 37.7 Å². The van der Waals surface area contributed by atoms with Crippen LogP contribution in [-0.2, 0) is 24.3 Å². The van der Waals surface area contributed by atoms with Crippen LogP contribution in [0.2, 0.25) is 0 Å². The maximum Gasteiger partial charge on any atom is 0.306 e. The van der Waals surface area contributed by atoms with Gasteiger partial charge in [0.1, 0.15) is 12.4 Å². The molecule has 0 saturated heterocycles. The first-order valence-corrected chi connectivity index (χ1v) is 13.9. The van der Waals surface area contributed by atoms with Crippen LogP contribution in [0.25, 0.3) is 0 Å². The van der Waals surface area contributed by atoms with Crippen molar-refractivity contribution < 1.29 is 34.3 Å². The van der Waals surface area contributed by atoms with Gasteiger partial charge < -0.3 is 29.5 Å². The van der Waals surface area contributed by atoms with Crippen molar-refractivity contribution in [2.45, 2.75) is 51.7 Å². The first-order valence-electron chi connectivity index (χ1n) is 13.9. The Kier molecular flexibility index (Phi) is 8.40. The van der Waals surface area contributed by atoms with Crippen LogP contribution in [0.5, 0.6) is 29.0 Å². The Morgan fingerprint density at radius 2 is 1.90 bits per heavy atom. The average molecular weight is 551 g/mol. The van der Waals surface area contributed by atoms with E-state index in [1.165, 1.54) is 27.8 Å². The highest BCUT2D eigenvalue weighted by Gasteiger charge is 2.32. The molecule has 5 rings (SSSR count). The fourth-order valence-corrected chi connectivity index (χ4v) is 5.92. The molecule has 1 aliphatic carbocycles. The van der Waals surface area contributed by atoms with Crippen LogP contribution >= 0.6 is 0 Å². The van der Waals surface area contributed by atoms with Gasteiger partial charge in [-0.3, -0.25) is 14.3 Å². The minimum absolute atomic E-state index is 0.0227. The number of aliphatic carboxylic acids is 1. The summed E-state index contributed by atoms with van der Waals surface area (Å²) in [5.74, 6) is 1.48. The lowest BCUT2D eigenvalue weighted by atomic mass is 9.99. The maximum absolute atomic E-state index is 11.6. The molecule has 1 saturated carbocycles. The van der Waals surface area contributed by atoms with Gasteiger partial charge in [-0.2, -0.15) is 0 Å². The van der Waals surface area contributed by atoms with E-state index in [9.17, 15) is 20.1 Å². The number of methoxy groups -OCH3 is 1. The molecule has 1 fully saturated rings. The van der Waals surface area contributed by atoms with Crippen LogP contribution in [-0.4, -0.2) is 57.6 Å². The predicted octanol–water partition coefficient (Wildman–Crippen LogP) is 4.99. The topological polar surface area (TPSA) is 114 Å². The number of carbonyl (C=O) groups is 1. The van der Waals surface area contributed by atoms with Crippen LogP contribution in [0.15, 0.2) is 48.5 Å². The molecule has 9 nitrogen and oxygen atoms in total. The van der Waals surface area contributed by atoms with Crippen molar-refractivity contribution in [1.82, 2.24) is 9.47 Å². The van der Waals surface area contributed by atoms with E-state index in [0.29, 0.717) is 30.4 Å². The summed E-state index contributed by atoms with van der Waals surface area (Å²) in [6.07, 6.45) is 3.28. The van der Waals surface area contributed by atoms with E-state index in [-0.39, 0.29) is 36.9 Å². The zero-order chi connectivity index (χ0) is 28.2. The van der Waals surface area contributed by atoms with Crippen molar-refractivity contribution in [3.8, 4) is 29.0 Å². The van der Waals surface area contributed by atoms with Crippen molar-refractivity contribution in [1.29, 1.82) is 0 Å². The lowest BCUT2D eigenvalue weighted by Gasteiger charge is -2.32. The Morgan fingerprint density at radius 1 is 1.10 bits per heavy atom. The zero-order valence-corrected chi connectivity index (χ0v) is 23.1. The van der Waals surface area contributed by atoms with Gasteiger partial charge in [0.15, 0.2) is 23.3 Å². The number of carboxylic acids is 1. The normalized spacial score (nSPS) is 18.9. The van der Waals surface area contributed by atoms with Crippen LogP contribution in [0.4, 0.5) is 0 Å². The molecule has 214 valence electrons. The molecule has 2 aromatic carbocycles. The van der Waals surface area contributed by atoms with Crippen molar-refractivity contribution in [3.63, 3.8) is 0 Å². The molecule has 0 bridgehead atoms.